The van der Waals surface area contributed by atoms with E-state index in [0.29, 0.717) is 18.6 Å². The van der Waals surface area contributed by atoms with Crippen LogP contribution in [0.2, 0.25) is 0 Å². The van der Waals surface area contributed by atoms with Gasteiger partial charge in [-0.25, -0.2) is 0 Å². The van der Waals surface area contributed by atoms with E-state index in [9.17, 15) is 9.90 Å². The number of hydrogen-bond donors (Lipinski definition) is 1. The third kappa shape index (κ3) is 2.26. The van der Waals surface area contributed by atoms with Gasteiger partial charge in [-0.3, -0.25) is 4.79 Å². The second-order valence-corrected chi connectivity index (χ2v) is 5.71. The van der Waals surface area contributed by atoms with Crippen LogP contribution >= 0.6 is 15.9 Å². The van der Waals surface area contributed by atoms with Crippen molar-refractivity contribution in [3.05, 3.63) is 28.2 Å². The van der Waals surface area contributed by atoms with Gasteiger partial charge in [0.2, 0.25) is 0 Å². The Labute approximate surface area is 115 Å². The van der Waals surface area contributed by atoms with Crippen molar-refractivity contribution in [1.29, 1.82) is 0 Å². The van der Waals surface area contributed by atoms with E-state index in [0.717, 1.165) is 29.3 Å². The largest absolute Gasteiger partial charge is 0.496 e. The summed E-state index contributed by atoms with van der Waals surface area (Å²) in [5.74, 6) is -0.0727. The summed E-state index contributed by atoms with van der Waals surface area (Å²) in [5, 5.41) is 9.66. The quantitative estimate of drug-likeness (QED) is 0.924. The number of rotatable bonds is 3. The highest BCUT2D eigenvalue weighted by atomic mass is 79.9. The predicted molar refractivity (Wildman–Crippen MR) is 73.1 cm³/mol. The van der Waals surface area contributed by atoms with Crippen molar-refractivity contribution in [2.24, 2.45) is 0 Å². The van der Waals surface area contributed by atoms with Crippen molar-refractivity contribution in [2.45, 2.75) is 37.5 Å². The number of carboxylic acid groups (broad SMARTS) is 1. The van der Waals surface area contributed by atoms with Crippen molar-refractivity contribution >= 4 is 21.9 Å². The predicted octanol–water partition coefficient (Wildman–Crippen LogP) is 3.74. The minimum atomic E-state index is -0.774. The maximum absolute atomic E-state index is 11.8. The molecule has 1 aliphatic rings. The molecule has 0 heterocycles. The zero-order chi connectivity index (χ0) is 13.2. The van der Waals surface area contributed by atoms with E-state index in [1.807, 2.05) is 18.2 Å². The van der Waals surface area contributed by atoms with Gasteiger partial charge in [0, 0.05) is 10.0 Å². The Morgan fingerprint density at radius 1 is 1.33 bits per heavy atom. The molecule has 18 heavy (non-hydrogen) atoms. The average Bonchev–Trinajstić information content (AvgIpc) is 2.39. The molecule has 1 aromatic carbocycles. The molecule has 4 heteroatoms. The third-order valence-corrected chi connectivity index (χ3v) is 4.29. The fraction of sp³-hybridized carbons (Fsp3) is 0.500. The molecule has 1 N–H and O–H groups in total. The molecule has 0 radical (unpaired) electrons. The van der Waals surface area contributed by atoms with E-state index in [2.05, 4.69) is 15.9 Å². The zero-order valence-corrected chi connectivity index (χ0v) is 12.0. The second kappa shape index (κ2) is 5.31. The fourth-order valence-corrected chi connectivity index (χ4v) is 3.15. The normalized spacial score (nSPS) is 18.3. The topological polar surface area (TPSA) is 46.5 Å². The summed E-state index contributed by atoms with van der Waals surface area (Å²) in [4.78, 5) is 11.8. The minimum absolute atomic E-state index is 0.661. The Morgan fingerprint density at radius 3 is 2.56 bits per heavy atom. The van der Waals surface area contributed by atoms with Gasteiger partial charge in [0.1, 0.15) is 5.75 Å². The third-order valence-electron chi connectivity index (χ3n) is 3.80. The van der Waals surface area contributed by atoms with Crippen LogP contribution in [0.4, 0.5) is 0 Å². The van der Waals surface area contributed by atoms with Crippen molar-refractivity contribution in [1.82, 2.24) is 0 Å². The van der Waals surface area contributed by atoms with Crippen molar-refractivity contribution in [2.75, 3.05) is 7.11 Å². The van der Waals surface area contributed by atoms with E-state index in [-0.39, 0.29) is 0 Å². The summed E-state index contributed by atoms with van der Waals surface area (Å²) in [6.07, 6.45) is 4.44. The Hall–Kier alpha value is -1.03. The molecule has 0 spiro atoms. The molecule has 0 bridgehead atoms. The Bertz CT molecular complexity index is 450. The van der Waals surface area contributed by atoms with Gasteiger partial charge in [-0.15, -0.1) is 0 Å². The molecule has 1 aromatic rings. The molecule has 98 valence electrons. The number of aliphatic carboxylic acids is 1. The van der Waals surface area contributed by atoms with E-state index in [1.165, 1.54) is 0 Å². The number of carboxylic acids is 1. The Balaban J connectivity index is 2.51. The van der Waals surface area contributed by atoms with Crippen LogP contribution in [-0.4, -0.2) is 18.2 Å². The molecule has 0 aromatic heterocycles. The first-order valence-electron chi connectivity index (χ1n) is 6.17. The molecule has 1 fully saturated rings. The summed E-state index contributed by atoms with van der Waals surface area (Å²) in [6, 6.07) is 5.61. The lowest BCUT2D eigenvalue weighted by molar-refractivity contribution is -0.145. The van der Waals surface area contributed by atoms with Crippen molar-refractivity contribution < 1.29 is 14.6 Å². The summed E-state index contributed by atoms with van der Waals surface area (Å²) in [6.45, 7) is 0. The van der Waals surface area contributed by atoms with Crippen LogP contribution in [0.25, 0.3) is 0 Å². The molecule has 3 nitrogen and oxygen atoms in total. The summed E-state index contributed by atoms with van der Waals surface area (Å²) < 4.78 is 6.26. The molecular weight excluding hydrogens is 296 g/mol. The second-order valence-electron chi connectivity index (χ2n) is 4.79. The zero-order valence-electron chi connectivity index (χ0n) is 10.4. The van der Waals surface area contributed by atoms with Gasteiger partial charge < -0.3 is 9.84 Å². The van der Waals surface area contributed by atoms with Gasteiger partial charge in [-0.05, 0) is 25.0 Å². The number of carbonyl (C=O) groups is 1. The van der Waals surface area contributed by atoms with Gasteiger partial charge in [-0.2, -0.15) is 0 Å². The van der Waals surface area contributed by atoms with Crippen LogP contribution in [-0.2, 0) is 10.2 Å². The first-order chi connectivity index (χ1) is 8.60. The van der Waals surface area contributed by atoms with Crippen molar-refractivity contribution in [3.8, 4) is 5.75 Å². The van der Waals surface area contributed by atoms with E-state index in [4.69, 9.17) is 4.74 Å². The maximum Gasteiger partial charge on any atom is 0.314 e. The molecule has 0 atom stereocenters. The van der Waals surface area contributed by atoms with Gasteiger partial charge in [0.25, 0.3) is 0 Å². The number of benzene rings is 1. The molecule has 0 saturated heterocycles. The molecule has 1 saturated carbocycles. The Kier molecular flexibility index (Phi) is 3.95. The van der Waals surface area contributed by atoms with E-state index >= 15 is 0 Å². The molecular formula is C14H17BrO3. The lowest BCUT2D eigenvalue weighted by atomic mass is 9.69. The Morgan fingerprint density at radius 2 is 2.00 bits per heavy atom. The average molecular weight is 313 g/mol. The fourth-order valence-electron chi connectivity index (χ4n) is 2.81. The molecule has 2 rings (SSSR count). The lowest BCUT2D eigenvalue weighted by Crippen LogP contribution is -2.38. The standard InChI is InChI=1S/C14H17BrO3/c1-18-12-9-10(15)5-6-11(12)14(13(16)17)7-3-2-4-8-14/h5-6,9H,2-4,7-8H2,1H3,(H,16,17). The van der Waals surface area contributed by atoms with Crippen LogP contribution in [0.1, 0.15) is 37.7 Å². The van der Waals surface area contributed by atoms with Gasteiger partial charge >= 0.3 is 5.97 Å². The first-order valence-corrected chi connectivity index (χ1v) is 6.97. The van der Waals surface area contributed by atoms with Crippen LogP contribution in [0.3, 0.4) is 0 Å². The number of halogens is 1. The van der Waals surface area contributed by atoms with Crippen LogP contribution in [0, 0.1) is 0 Å². The highest BCUT2D eigenvalue weighted by Gasteiger charge is 2.43. The molecule has 1 aliphatic carbocycles. The number of ether oxygens (including phenoxy) is 1. The van der Waals surface area contributed by atoms with Crippen molar-refractivity contribution in [3.63, 3.8) is 0 Å². The molecule has 0 aliphatic heterocycles. The summed E-state index contributed by atoms with van der Waals surface area (Å²) in [5.41, 5.74) is 0.0324. The highest BCUT2D eigenvalue weighted by Crippen LogP contribution is 2.44. The lowest BCUT2D eigenvalue weighted by Gasteiger charge is -2.34. The monoisotopic (exact) mass is 312 g/mol. The number of methoxy groups -OCH3 is 1. The SMILES string of the molecule is COc1cc(Br)ccc1C1(C(=O)O)CCCCC1. The molecule has 0 unspecified atom stereocenters. The minimum Gasteiger partial charge on any atom is -0.496 e. The summed E-state index contributed by atoms with van der Waals surface area (Å²) in [7, 11) is 1.59. The van der Waals surface area contributed by atoms with E-state index < -0.39 is 11.4 Å². The van der Waals surface area contributed by atoms with Crippen LogP contribution in [0.5, 0.6) is 5.75 Å². The maximum atomic E-state index is 11.8. The smallest absolute Gasteiger partial charge is 0.314 e. The first kappa shape index (κ1) is 13.4. The highest BCUT2D eigenvalue weighted by molar-refractivity contribution is 9.10. The van der Waals surface area contributed by atoms with Crippen LogP contribution in [0.15, 0.2) is 22.7 Å². The number of hydrogen-bond acceptors (Lipinski definition) is 2. The van der Waals surface area contributed by atoms with Crippen LogP contribution < -0.4 is 4.74 Å². The van der Waals surface area contributed by atoms with E-state index in [1.54, 1.807) is 7.11 Å². The van der Waals surface area contributed by atoms with Gasteiger partial charge in [0.05, 0.1) is 12.5 Å². The molecule has 0 amide bonds. The summed E-state index contributed by atoms with van der Waals surface area (Å²) >= 11 is 3.39. The van der Waals surface area contributed by atoms with Gasteiger partial charge in [0.15, 0.2) is 0 Å². The van der Waals surface area contributed by atoms with Gasteiger partial charge in [-0.1, -0.05) is 41.3 Å².